The van der Waals surface area contributed by atoms with Crippen molar-refractivity contribution in [3.63, 3.8) is 0 Å². The first-order chi connectivity index (χ1) is 15.6. The van der Waals surface area contributed by atoms with Gasteiger partial charge in [-0.25, -0.2) is 0 Å². The summed E-state index contributed by atoms with van der Waals surface area (Å²) in [5.41, 5.74) is 5.44. The normalized spacial score (nSPS) is 10.8. The molecule has 0 radical (unpaired) electrons. The number of hydrogen-bond donors (Lipinski definition) is 1. The summed E-state index contributed by atoms with van der Waals surface area (Å²) < 4.78 is 2.11. The molecule has 0 saturated heterocycles. The summed E-state index contributed by atoms with van der Waals surface area (Å²) in [4.78, 5) is 12.6. The Morgan fingerprint density at radius 1 is 0.875 bits per heavy atom. The first-order valence-corrected chi connectivity index (χ1v) is 11.6. The van der Waals surface area contributed by atoms with E-state index in [1.165, 1.54) is 22.9 Å². The number of aryl methyl sites for hydroxylation is 1. The molecule has 0 unspecified atom stereocenters. The van der Waals surface area contributed by atoms with E-state index in [1.54, 1.807) is 0 Å². The predicted octanol–water partition coefficient (Wildman–Crippen LogP) is 5.26. The second-order valence-corrected chi connectivity index (χ2v) is 8.66. The number of carbonyl (C=O) groups is 1. The predicted molar refractivity (Wildman–Crippen MR) is 130 cm³/mol. The van der Waals surface area contributed by atoms with Crippen LogP contribution < -0.4 is 5.32 Å². The van der Waals surface area contributed by atoms with Crippen molar-refractivity contribution in [2.75, 3.05) is 11.1 Å². The lowest BCUT2D eigenvalue weighted by Gasteiger charge is -2.12. The summed E-state index contributed by atoms with van der Waals surface area (Å²) >= 11 is 1.41. The minimum atomic E-state index is -0.0532. The van der Waals surface area contributed by atoms with Crippen molar-refractivity contribution in [1.29, 1.82) is 0 Å². The molecule has 4 aromatic rings. The Bertz CT molecular complexity index is 1190. The second kappa shape index (κ2) is 10.3. The van der Waals surface area contributed by atoms with Crippen LogP contribution in [-0.4, -0.2) is 26.4 Å². The van der Waals surface area contributed by atoms with Gasteiger partial charge in [-0.3, -0.25) is 4.79 Å². The van der Waals surface area contributed by atoms with Crippen molar-refractivity contribution < 1.29 is 4.79 Å². The molecule has 1 N–H and O–H groups in total. The van der Waals surface area contributed by atoms with Crippen LogP contribution in [0.1, 0.15) is 28.1 Å². The molecule has 6 heteroatoms. The van der Waals surface area contributed by atoms with E-state index in [-0.39, 0.29) is 11.7 Å². The molecule has 5 nitrogen and oxygen atoms in total. The Labute approximate surface area is 192 Å². The zero-order valence-electron chi connectivity index (χ0n) is 18.3. The van der Waals surface area contributed by atoms with Crippen LogP contribution in [-0.2, 0) is 17.8 Å². The van der Waals surface area contributed by atoms with E-state index < -0.39 is 0 Å². The molecular formula is C26H26N4OS. The van der Waals surface area contributed by atoms with Crippen LogP contribution >= 0.6 is 11.8 Å². The molecule has 0 bridgehead atoms. The monoisotopic (exact) mass is 442 g/mol. The van der Waals surface area contributed by atoms with Gasteiger partial charge in [0.05, 0.1) is 12.3 Å². The van der Waals surface area contributed by atoms with Gasteiger partial charge in [-0.2, -0.15) is 0 Å². The Balaban J connectivity index is 1.50. The fourth-order valence-corrected chi connectivity index (χ4v) is 4.22. The molecule has 0 saturated carbocycles. The molecule has 0 fully saturated rings. The zero-order valence-corrected chi connectivity index (χ0v) is 19.1. The van der Waals surface area contributed by atoms with Crippen molar-refractivity contribution >= 4 is 23.4 Å². The number of benzene rings is 3. The highest BCUT2D eigenvalue weighted by Gasteiger charge is 2.16. The average Bonchev–Trinajstić information content (AvgIpc) is 3.18. The van der Waals surface area contributed by atoms with Crippen LogP contribution in [0.25, 0.3) is 0 Å². The smallest absolute Gasteiger partial charge is 0.234 e. The second-order valence-electron chi connectivity index (χ2n) is 7.72. The number of aromatic nitrogens is 3. The quantitative estimate of drug-likeness (QED) is 0.378. The lowest BCUT2D eigenvalue weighted by Crippen LogP contribution is -2.16. The third-order valence-electron chi connectivity index (χ3n) is 5.39. The van der Waals surface area contributed by atoms with Crippen LogP contribution in [0.2, 0.25) is 0 Å². The van der Waals surface area contributed by atoms with Gasteiger partial charge in [0.25, 0.3) is 0 Å². The third-order valence-corrected chi connectivity index (χ3v) is 6.36. The minimum Gasteiger partial charge on any atom is -0.325 e. The number of nitrogens with zero attached hydrogens (tertiary/aromatic N) is 3. The van der Waals surface area contributed by atoms with E-state index >= 15 is 0 Å². The first-order valence-electron chi connectivity index (χ1n) is 10.6. The Morgan fingerprint density at radius 3 is 2.28 bits per heavy atom. The molecule has 0 spiro atoms. The van der Waals surface area contributed by atoms with Crippen LogP contribution in [0, 0.1) is 13.8 Å². The van der Waals surface area contributed by atoms with E-state index in [0.29, 0.717) is 13.0 Å². The van der Waals surface area contributed by atoms with E-state index in [2.05, 4.69) is 44.3 Å². The number of hydrogen-bond acceptors (Lipinski definition) is 4. The number of thioether (sulfide) groups is 1. The van der Waals surface area contributed by atoms with Gasteiger partial charge in [-0.15, -0.1) is 10.2 Å². The van der Waals surface area contributed by atoms with Crippen LogP contribution in [0.15, 0.2) is 84.0 Å². The number of carbonyl (C=O) groups excluding carboxylic acids is 1. The molecule has 0 aliphatic rings. The highest BCUT2D eigenvalue weighted by molar-refractivity contribution is 7.99. The van der Waals surface area contributed by atoms with Crippen LogP contribution in [0.5, 0.6) is 0 Å². The average molecular weight is 443 g/mol. The van der Waals surface area contributed by atoms with E-state index in [9.17, 15) is 4.79 Å². The van der Waals surface area contributed by atoms with Gasteiger partial charge in [0.2, 0.25) is 5.91 Å². The molecule has 1 aromatic heterocycles. The van der Waals surface area contributed by atoms with Crippen molar-refractivity contribution in [2.24, 2.45) is 0 Å². The maximum Gasteiger partial charge on any atom is 0.234 e. The first kappa shape index (κ1) is 21.8. The summed E-state index contributed by atoms with van der Waals surface area (Å²) in [5.74, 6) is 1.10. The van der Waals surface area contributed by atoms with Gasteiger partial charge in [0, 0.05) is 12.1 Å². The fraction of sp³-hybridized carbons (Fsp3) is 0.192. The summed E-state index contributed by atoms with van der Waals surface area (Å²) in [6, 6.07) is 26.4. The van der Waals surface area contributed by atoms with E-state index in [4.69, 9.17) is 0 Å². The topological polar surface area (TPSA) is 59.8 Å². The van der Waals surface area contributed by atoms with Crippen molar-refractivity contribution in [3.8, 4) is 0 Å². The lowest BCUT2D eigenvalue weighted by atomic mass is 10.1. The van der Waals surface area contributed by atoms with Gasteiger partial charge in [0.15, 0.2) is 5.16 Å². The Morgan fingerprint density at radius 2 is 1.56 bits per heavy atom. The summed E-state index contributed by atoms with van der Waals surface area (Å²) in [6.45, 7) is 4.72. The highest BCUT2D eigenvalue weighted by Crippen LogP contribution is 2.22. The maximum absolute atomic E-state index is 12.6. The van der Waals surface area contributed by atoms with Crippen molar-refractivity contribution in [3.05, 3.63) is 107 Å². The highest BCUT2D eigenvalue weighted by atomic mass is 32.2. The summed E-state index contributed by atoms with van der Waals surface area (Å²) in [5, 5.41) is 12.6. The third kappa shape index (κ3) is 5.45. The standard InChI is InChI=1S/C26H26N4OS/c1-19-10-9-15-23(20(19)2)27-25(31)18-32-26-29-28-24(16-21-11-5-3-6-12-21)30(26)17-22-13-7-4-8-14-22/h3-15H,16-18H2,1-2H3,(H,27,31). The van der Waals surface area contributed by atoms with Crippen LogP contribution in [0.3, 0.4) is 0 Å². The number of anilines is 1. The fourth-order valence-electron chi connectivity index (χ4n) is 3.46. The molecule has 0 aliphatic carbocycles. The molecule has 4 rings (SSSR count). The number of rotatable bonds is 8. The van der Waals surface area contributed by atoms with Crippen LogP contribution in [0.4, 0.5) is 5.69 Å². The molecule has 3 aromatic carbocycles. The Kier molecular flexibility index (Phi) is 7.02. The molecule has 1 amide bonds. The molecular weight excluding hydrogens is 416 g/mol. The molecule has 162 valence electrons. The Hall–Kier alpha value is -3.38. The van der Waals surface area contributed by atoms with Gasteiger partial charge >= 0.3 is 0 Å². The van der Waals surface area contributed by atoms with Gasteiger partial charge < -0.3 is 9.88 Å². The molecule has 0 atom stereocenters. The van der Waals surface area contributed by atoms with Crippen molar-refractivity contribution in [1.82, 2.24) is 14.8 Å². The zero-order chi connectivity index (χ0) is 22.3. The van der Waals surface area contributed by atoms with Crippen molar-refractivity contribution in [2.45, 2.75) is 32.0 Å². The molecule has 1 heterocycles. The summed E-state index contributed by atoms with van der Waals surface area (Å²) in [6.07, 6.45) is 0.690. The number of amides is 1. The summed E-state index contributed by atoms with van der Waals surface area (Å²) in [7, 11) is 0. The SMILES string of the molecule is Cc1cccc(NC(=O)CSc2nnc(Cc3ccccc3)n2Cc2ccccc2)c1C. The van der Waals surface area contributed by atoms with Gasteiger partial charge in [-0.1, -0.05) is 84.6 Å². The molecule has 0 aliphatic heterocycles. The molecule has 32 heavy (non-hydrogen) atoms. The van der Waals surface area contributed by atoms with Gasteiger partial charge in [-0.05, 0) is 42.2 Å². The minimum absolute atomic E-state index is 0.0532. The number of nitrogens with one attached hydrogen (secondary N) is 1. The van der Waals surface area contributed by atoms with E-state index in [0.717, 1.165) is 27.8 Å². The largest absolute Gasteiger partial charge is 0.325 e. The maximum atomic E-state index is 12.6. The van der Waals surface area contributed by atoms with Gasteiger partial charge in [0.1, 0.15) is 5.82 Å². The lowest BCUT2D eigenvalue weighted by molar-refractivity contribution is -0.113. The van der Waals surface area contributed by atoms with E-state index in [1.807, 2.05) is 68.4 Å².